The van der Waals surface area contributed by atoms with Gasteiger partial charge in [0, 0.05) is 11.5 Å². The van der Waals surface area contributed by atoms with Gasteiger partial charge in [-0.25, -0.2) is 0 Å². The van der Waals surface area contributed by atoms with Gasteiger partial charge in [0.05, 0.1) is 7.11 Å². The first-order chi connectivity index (χ1) is 6.31. The van der Waals surface area contributed by atoms with E-state index >= 15 is 0 Å². The molecule has 0 heterocycles. The predicted octanol–water partition coefficient (Wildman–Crippen LogP) is 1.99. The highest BCUT2D eigenvalue weighted by molar-refractivity contribution is 6.06. The van der Waals surface area contributed by atoms with Gasteiger partial charge in [-0.1, -0.05) is 6.07 Å². The third-order valence-electron chi connectivity index (χ3n) is 3.05. The molecule has 3 rings (SSSR count). The number of methoxy groups -OCH3 is 1. The van der Waals surface area contributed by atoms with E-state index in [-0.39, 0.29) is 0 Å². The fraction of sp³-hybridized carbons (Fsp3) is 0.364. The van der Waals surface area contributed by atoms with Crippen molar-refractivity contribution in [2.45, 2.75) is 12.3 Å². The fourth-order valence-electron chi connectivity index (χ4n) is 2.23. The molecule has 0 aromatic heterocycles. The Bertz CT molecular complexity index is 395. The van der Waals surface area contributed by atoms with Crippen molar-refractivity contribution in [1.29, 1.82) is 0 Å². The Hall–Kier alpha value is -1.31. The van der Waals surface area contributed by atoms with E-state index in [0.717, 1.165) is 17.7 Å². The first-order valence-electron chi connectivity index (χ1n) is 4.53. The van der Waals surface area contributed by atoms with Gasteiger partial charge < -0.3 is 4.74 Å². The number of hydrogen-bond donors (Lipinski definition) is 0. The van der Waals surface area contributed by atoms with Crippen LogP contribution in [0.1, 0.15) is 28.3 Å². The molecule has 1 fully saturated rings. The van der Waals surface area contributed by atoms with Gasteiger partial charge >= 0.3 is 0 Å². The van der Waals surface area contributed by atoms with Gasteiger partial charge in [-0.2, -0.15) is 0 Å². The second kappa shape index (κ2) is 2.13. The number of fused-ring (bicyclic) bond motifs is 3. The van der Waals surface area contributed by atoms with E-state index < -0.39 is 0 Å². The average molecular weight is 174 g/mol. The number of Topliss-reactive ketones (excluding diaryl/α,β-unsaturated/α-hetero) is 1. The fourth-order valence-corrected chi connectivity index (χ4v) is 2.23. The predicted molar refractivity (Wildman–Crippen MR) is 48.2 cm³/mol. The number of rotatable bonds is 1. The van der Waals surface area contributed by atoms with Crippen molar-refractivity contribution in [2.24, 2.45) is 5.92 Å². The molecule has 66 valence electrons. The summed E-state index contributed by atoms with van der Waals surface area (Å²) in [5.41, 5.74) is 2.12. The zero-order valence-corrected chi connectivity index (χ0v) is 7.41. The molecular weight excluding hydrogens is 164 g/mol. The van der Waals surface area contributed by atoms with Gasteiger partial charge in [-0.15, -0.1) is 0 Å². The highest BCUT2D eigenvalue weighted by Crippen LogP contribution is 2.56. The number of benzene rings is 1. The summed E-state index contributed by atoms with van der Waals surface area (Å²) in [6.07, 6.45) is 1.07. The molecule has 2 aliphatic rings. The van der Waals surface area contributed by atoms with Crippen molar-refractivity contribution in [3.8, 4) is 5.75 Å². The molecule has 2 heteroatoms. The van der Waals surface area contributed by atoms with Crippen molar-refractivity contribution >= 4 is 5.78 Å². The Morgan fingerprint density at radius 3 is 3.00 bits per heavy atom. The molecule has 0 aliphatic heterocycles. The van der Waals surface area contributed by atoms with E-state index in [4.69, 9.17) is 4.74 Å². The zero-order valence-electron chi connectivity index (χ0n) is 7.41. The van der Waals surface area contributed by atoms with Gasteiger partial charge in [-0.05, 0) is 30.0 Å². The number of carbonyl (C=O) groups is 1. The summed E-state index contributed by atoms with van der Waals surface area (Å²) in [5, 5.41) is 0. The van der Waals surface area contributed by atoms with Crippen LogP contribution in [0.15, 0.2) is 18.2 Å². The van der Waals surface area contributed by atoms with Crippen LogP contribution < -0.4 is 4.74 Å². The van der Waals surface area contributed by atoms with E-state index in [1.54, 1.807) is 7.11 Å². The maximum Gasteiger partial charge on any atom is 0.167 e. The molecule has 0 N–H and O–H groups in total. The second-order valence-corrected chi connectivity index (χ2v) is 3.77. The summed E-state index contributed by atoms with van der Waals surface area (Å²) in [6, 6.07) is 5.83. The largest absolute Gasteiger partial charge is 0.497 e. The molecule has 1 aromatic carbocycles. The maximum atomic E-state index is 11.7. The van der Waals surface area contributed by atoms with Crippen LogP contribution in [0.25, 0.3) is 0 Å². The number of carbonyl (C=O) groups excluding carboxylic acids is 1. The van der Waals surface area contributed by atoms with Crippen molar-refractivity contribution in [3.63, 3.8) is 0 Å². The Balaban J connectivity index is 2.16. The lowest BCUT2D eigenvalue weighted by Crippen LogP contribution is -1.98. The van der Waals surface area contributed by atoms with Crippen LogP contribution in [-0.4, -0.2) is 12.9 Å². The van der Waals surface area contributed by atoms with Crippen LogP contribution in [-0.2, 0) is 0 Å². The highest BCUT2D eigenvalue weighted by atomic mass is 16.5. The molecule has 2 aliphatic carbocycles. The maximum absolute atomic E-state index is 11.7. The molecule has 2 nitrogen and oxygen atoms in total. The third-order valence-corrected chi connectivity index (χ3v) is 3.05. The quantitative estimate of drug-likeness (QED) is 0.650. The number of ether oxygens (including phenoxy) is 1. The van der Waals surface area contributed by atoms with Crippen molar-refractivity contribution in [3.05, 3.63) is 29.3 Å². The van der Waals surface area contributed by atoms with Crippen LogP contribution in [0.5, 0.6) is 5.75 Å². The minimum absolute atomic E-state index is 0.308. The SMILES string of the molecule is COc1ccc2c(c1)C(=O)[C@@H]1C[C@@H]21. The molecular formula is C11H10O2. The standard InChI is InChI=1S/C11H10O2/c1-13-6-2-3-7-8-5-10(8)11(12)9(7)4-6/h2-4,8,10H,5H2,1H3/t8-,10+/m0/s1. The van der Waals surface area contributed by atoms with Gasteiger partial charge in [0.15, 0.2) is 5.78 Å². The molecule has 0 amide bonds. The van der Waals surface area contributed by atoms with Gasteiger partial charge in [0.25, 0.3) is 0 Å². The molecule has 0 saturated heterocycles. The zero-order chi connectivity index (χ0) is 9.00. The lowest BCUT2D eigenvalue weighted by Gasteiger charge is -2.04. The van der Waals surface area contributed by atoms with E-state index in [9.17, 15) is 4.79 Å². The summed E-state index contributed by atoms with van der Waals surface area (Å²) >= 11 is 0. The third kappa shape index (κ3) is 0.804. The Morgan fingerprint density at radius 1 is 1.38 bits per heavy atom. The van der Waals surface area contributed by atoms with Gasteiger partial charge in [0.1, 0.15) is 5.75 Å². The molecule has 0 radical (unpaired) electrons. The summed E-state index contributed by atoms with van der Waals surface area (Å²) in [5.74, 6) is 1.95. The molecule has 1 saturated carbocycles. The van der Waals surface area contributed by atoms with Crippen molar-refractivity contribution in [2.75, 3.05) is 7.11 Å². The van der Waals surface area contributed by atoms with Crippen LogP contribution in [0.4, 0.5) is 0 Å². The molecule has 0 unspecified atom stereocenters. The summed E-state index contributed by atoms with van der Waals surface area (Å²) in [6.45, 7) is 0. The van der Waals surface area contributed by atoms with Crippen LogP contribution in [0.2, 0.25) is 0 Å². The first-order valence-corrected chi connectivity index (χ1v) is 4.53. The molecule has 0 spiro atoms. The van der Waals surface area contributed by atoms with E-state index in [1.807, 2.05) is 18.2 Å². The Morgan fingerprint density at radius 2 is 2.23 bits per heavy atom. The molecule has 0 bridgehead atoms. The second-order valence-electron chi connectivity index (χ2n) is 3.77. The monoisotopic (exact) mass is 174 g/mol. The summed E-state index contributed by atoms with van der Waals surface area (Å²) < 4.78 is 5.09. The summed E-state index contributed by atoms with van der Waals surface area (Å²) in [4.78, 5) is 11.7. The molecule has 2 atom stereocenters. The summed E-state index contributed by atoms with van der Waals surface area (Å²) in [7, 11) is 1.63. The first kappa shape index (κ1) is 7.13. The average Bonchev–Trinajstić information content (AvgIpc) is 2.91. The lowest BCUT2D eigenvalue weighted by molar-refractivity contribution is 0.0974. The van der Waals surface area contributed by atoms with E-state index in [2.05, 4.69) is 0 Å². The minimum Gasteiger partial charge on any atom is -0.497 e. The minimum atomic E-state index is 0.308. The smallest absolute Gasteiger partial charge is 0.167 e. The van der Waals surface area contributed by atoms with Crippen LogP contribution in [0.3, 0.4) is 0 Å². The van der Waals surface area contributed by atoms with E-state index in [1.165, 1.54) is 5.56 Å². The van der Waals surface area contributed by atoms with Crippen molar-refractivity contribution < 1.29 is 9.53 Å². The Kier molecular flexibility index (Phi) is 1.17. The topological polar surface area (TPSA) is 26.3 Å². The van der Waals surface area contributed by atoms with Crippen LogP contribution in [0, 0.1) is 5.92 Å². The molecule has 13 heavy (non-hydrogen) atoms. The van der Waals surface area contributed by atoms with Gasteiger partial charge in [-0.3, -0.25) is 4.79 Å². The van der Waals surface area contributed by atoms with E-state index in [0.29, 0.717) is 17.6 Å². The Labute approximate surface area is 76.5 Å². The van der Waals surface area contributed by atoms with Gasteiger partial charge in [0.2, 0.25) is 0 Å². The number of hydrogen-bond acceptors (Lipinski definition) is 2. The molecule has 1 aromatic rings. The number of ketones is 1. The van der Waals surface area contributed by atoms with Crippen LogP contribution >= 0.6 is 0 Å². The highest BCUT2D eigenvalue weighted by Gasteiger charge is 2.51. The van der Waals surface area contributed by atoms with Crippen molar-refractivity contribution in [1.82, 2.24) is 0 Å². The normalized spacial score (nSPS) is 28.2. The lowest BCUT2D eigenvalue weighted by atomic mass is 10.1.